The van der Waals surface area contributed by atoms with Gasteiger partial charge in [-0.2, -0.15) is 5.10 Å². The summed E-state index contributed by atoms with van der Waals surface area (Å²) in [6.45, 7) is 0. The molecule has 6 nitrogen and oxygen atoms in total. The molecule has 0 aromatic carbocycles. The van der Waals surface area contributed by atoms with E-state index in [9.17, 15) is 4.79 Å². The summed E-state index contributed by atoms with van der Waals surface area (Å²) in [4.78, 5) is 15.7. The van der Waals surface area contributed by atoms with Crippen LogP contribution in [0.15, 0.2) is 23.5 Å². The molecule has 66 valence electrons. The van der Waals surface area contributed by atoms with Gasteiger partial charge in [0.05, 0.1) is 6.20 Å². The molecule has 0 bridgehead atoms. The number of hydrogen-bond acceptors (Lipinski definition) is 3. The molecule has 0 saturated heterocycles. The Bertz CT molecular complexity index is 393. The van der Waals surface area contributed by atoms with Crippen LogP contribution in [-0.2, 0) is 0 Å². The van der Waals surface area contributed by atoms with E-state index in [4.69, 9.17) is 5.11 Å². The van der Waals surface area contributed by atoms with Gasteiger partial charge in [0.1, 0.15) is 5.69 Å². The molecule has 0 atom stereocenters. The molecule has 0 spiro atoms. The van der Waals surface area contributed by atoms with Crippen LogP contribution in [0.25, 0.3) is 0 Å². The minimum absolute atomic E-state index is 0.359. The number of nitrogens with one attached hydrogen (secondary N) is 1. The normalized spacial score (nSPS) is 14.0. The number of nitrogens with zero attached hydrogens (tertiary/aromatic N) is 3. The van der Waals surface area contributed by atoms with Crippen molar-refractivity contribution in [2.75, 3.05) is 4.90 Å². The zero-order chi connectivity index (χ0) is 9.26. The number of rotatable bonds is 0. The molecule has 1 aromatic heterocycles. The van der Waals surface area contributed by atoms with Gasteiger partial charge in [-0.1, -0.05) is 0 Å². The number of aliphatic imine (C=N–C) groups is 1. The number of hydrogen-bond donors (Lipinski definition) is 2. The summed E-state index contributed by atoms with van der Waals surface area (Å²) in [7, 11) is 0. The number of carbonyl (C=O) groups is 1. The predicted octanol–water partition coefficient (Wildman–Crippen LogP) is 1.12. The standard InChI is InChI=1S/C7H6N4O2/c12-7(13)11-3-1-2-8-5-4-9-10-6(5)11/h1-4H,(H,9,10)(H,12,13). The van der Waals surface area contributed by atoms with E-state index < -0.39 is 6.09 Å². The second-order valence-electron chi connectivity index (χ2n) is 2.38. The van der Waals surface area contributed by atoms with Crippen molar-refractivity contribution in [1.82, 2.24) is 10.2 Å². The lowest BCUT2D eigenvalue weighted by Crippen LogP contribution is -2.22. The number of amides is 1. The van der Waals surface area contributed by atoms with Crippen molar-refractivity contribution in [3.63, 3.8) is 0 Å². The van der Waals surface area contributed by atoms with Crippen molar-refractivity contribution in [2.24, 2.45) is 4.99 Å². The largest absolute Gasteiger partial charge is 0.464 e. The van der Waals surface area contributed by atoms with Crippen LogP contribution in [0.5, 0.6) is 0 Å². The molecular weight excluding hydrogens is 172 g/mol. The van der Waals surface area contributed by atoms with Gasteiger partial charge in [-0.3, -0.25) is 10.1 Å². The van der Waals surface area contributed by atoms with Crippen LogP contribution in [0.1, 0.15) is 0 Å². The van der Waals surface area contributed by atoms with Crippen LogP contribution < -0.4 is 4.90 Å². The van der Waals surface area contributed by atoms with Gasteiger partial charge in [0.25, 0.3) is 0 Å². The molecule has 1 aromatic rings. The summed E-state index contributed by atoms with van der Waals surface area (Å²) in [5.74, 6) is 0.359. The molecule has 2 N–H and O–H groups in total. The maximum Gasteiger partial charge on any atom is 0.417 e. The van der Waals surface area contributed by atoms with E-state index >= 15 is 0 Å². The Morgan fingerprint density at radius 2 is 2.46 bits per heavy atom. The molecule has 1 aliphatic heterocycles. The molecule has 2 rings (SSSR count). The maximum absolute atomic E-state index is 10.7. The molecule has 1 aliphatic rings. The maximum atomic E-state index is 10.7. The van der Waals surface area contributed by atoms with Gasteiger partial charge in [0, 0.05) is 12.4 Å². The monoisotopic (exact) mass is 178 g/mol. The van der Waals surface area contributed by atoms with Gasteiger partial charge in [-0.05, 0) is 6.08 Å². The minimum atomic E-state index is -1.08. The van der Waals surface area contributed by atoms with Crippen LogP contribution in [0.3, 0.4) is 0 Å². The smallest absolute Gasteiger partial charge is 0.417 e. The Morgan fingerprint density at radius 1 is 1.62 bits per heavy atom. The van der Waals surface area contributed by atoms with E-state index in [2.05, 4.69) is 15.2 Å². The average Bonchev–Trinajstić information content (AvgIpc) is 2.44. The minimum Gasteiger partial charge on any atom is -0.464 e. The Kier molecular flexibility index (Phi) is 1.59. The lowest BCUT2D eigenvalue weighted by molar-refractivity contribution is 0.204. The summed E-state index contributed by atoms with van der Waals surface area (Å²) in [6.07, 6.45) is 4.84. The third-order valence-electron chi connectivity index (χ3n) is 1.58. The molecular formula is C7H6N4O2. The van der Waals surface area contributed by atoms with Gasteiger partial charge in [0.2, 0.25) is 0 Å². The zero-order valence-electron chi connectivity index (χ0n) is 6.51. The highest BCUT2D eigenvalue weighted by atomic mass is 16.4. The summed E-state index contributed by atoms with van der Waals surface area (Å²) in [5, 5.41) is 15.1. The Labute approximate surface area is 73.2 Å². The molecule has 0 radical (unpaired) electrons. The van der Waals surface area contributed by atoms with Gasteiger partial charge in [-0.15, -0.1) is 0 Å². The van der Waals surface area contributed by atoms with E-state index in [1.54, 1.807) is 6.08 Å². The highest BCUT2D eigenvalue weighted by Crippen LogP contribution is 2.26. The van der Waals surface area contributed by atoms with Gasteiger partial charge in [0.15, 0.2) is 5.82 Å². The van der Waals surface area contributed by atoms with Crippen molar-refractivity contribution < 1.29 is 9.90 Å². The van der Waals surface area contributed by atoms with Gasteiger partial charge < -0.3 is 5.11 Å². The van der Waals surface area contributed by atoms with E-state index in [-0.39, 0.29) is 0 Å². The summed E-state index contributed by atoms with van der Waals surface area (Å²) < 4.78 is 0. The zero-order valence-corrected chi connectivity index (χ0v) is 6.51. The Hall–Kier alpha value is -2.11. The van der Waals surface area contributed by atoms with Crippen LogP contribution in [0.2, 0.25) is 0 Å². The molecule has 2 heterocycles. The van der Waals surface area contributed by atoms with Gasteiger partial charge >= 0.3 is 6.09 Å². The van der Waals surface area contributed by atoms with Crippen molar-refractivity contribution in [3.8, 4) is 0 Å². The van der Waals surface area contributed by atoms with Crippen LogP contribution in [-0.4, -0.2) is 27.6 Å². The highest BCUT2D eigenvalue weighted by molar-refractivity contribution is 5.94. The fourth-order valence-corrected chi connectivity index (χ4v) is 1.03. The molecule has 0 fully saturated rings. The number of aromatic nitrogens is 2. The van der Waals surface area contributed by atoms with E-state index in [1.807, 2.05) is 0 Å². The predicted molar refractivity (Wildman–Crippen MR) is 46.4 cm³/mol. The van der Waals surface area contributed by atoms with E-state index in [1.165, 1.54) is 18.6 Å². The van der Waals surface area contributed by atoms with Crippen molar-refractivity contribution in [1.29, 1.82) is 0 Å². The van der Waals surface area contributed by atoms with Crippen molar-refractivity contribution >= 4 is 23.8 Å². The molecule has 0 aliphatic carbocycles. The van der Waals surface area contributed by atoms with E-state index in [0.717, 1.165) is 4.90 Å². The fraction of sp³-hybridized carbons (Fsp3) is 0. The summed E-state index contributed by atoms with van der Waals surface area (Å²) >= 11 is 0. The first-order valence-corrected chi connectivity index (χ1v) is 3.55. The van der Waals surface area contributed by atoms with Crippen LogP contribution in [0.4, 0.5) is 16.3 Å². The first-order chi connectivity index (χ1) is 6.29. The fourth-order valence-electron chi connectivity index (χ4n) is 1.03. The van der Waals surface area contributed by atoms with Crippen LogP contribution in [0, 0.1) is 0 Å². The quantitative estimate of drug-likeness (QED) is 0.624. The number of aromatic amines is 1. The summed E-state index contributed by atoms with van der Waals surface area (Å²) in [5.41, 5.74) is 0.507. The third kappa shape index (κ3) is 1.18. The molecule has 13 heavy (non-hydrogen) atoms. The third-order valence-corrected chi connectivity index (χ3v) is 1.58. The molecule has 6 heteroatoms. The van der Waals surface area contributed by atoms with Gasteiger partial charge in [-0.25, -0.2) is 9.69 Å². The lowest BCUT2D eigenvalue weighted by atomic mass is 10.5. The number of allylic oxidation sites excluding steroid dienone is 1. The average molecular weight is 178 g/mol. The highest BCUT2D eigenvalue weighted by Gasteiger charge is 2.17. The Balaban J connectivity index is 2.50. The Morgan fingerprint density at radius 3 is 3.23 bits per heavy atom. The molecule has 0 saturated carbocycles. The number of fused-ring (bicyclic) bond motifs is 1. The van der Waals surface area contributed by atoms with Crippen LogP contribution >= 0.6 is 0 Å². The first kappa shape index (κ1) is 7.53. The summed E-state index contributed by atoms with van der Waals surface area (Å²) in [6, 6.07) is 0. The topological polar surface area (TPSA) is 81.6 Å². The van der Waals surface area contributed by atoms with E-state index in [0.29, 0.717) is 11.5 Å². The second-order valence-corrected chi connectivity index (χ2v) is 2.38. The molecule has 0 unspecified atom stereocenters. The number of carboxylic acid groups (broad SMARTS) is 1. The SMILES string of the molecule is O=C(O)N1C=CC=Nc2cn[nH]c21. The van der Waals surface area contributed by atoms with Crippen molar-refractivity contribution in [2.45, 2.75) is 0 Å². The second kappa shape index (κ2) is 2.74. The number of anilines is 1. The lowest BCUT2D eigenvalue weighted by Gasteiger charge is -2.10. The first-order valence-electron chi connectivity index (χ1n) is 3.55. The number of H-pyrrole nitrogens is 1. The van der Waals surface area contributed by atoms with Crippen molar-refractivity contribution in [3.05, 3.63) is 18.5 Å². The molecule has 1 amide bonds.